The summed E-state index contributed by atoms with van der Waals surface area (Å²) >= 11 is 1.18. The number of aromatic carboxylic acids is 1. The van der Waals surface area contributed by atoms with E-state index in [1.165, 1.54) is 11.3 Å². The summed E-state index contributed by atoms with van der Waals surface area (Å²) < 4.78 is 16.6. The van der Waals surface area contributed by atoms with Crippen LogP contribution in [-0.4, -0.2) is 37.8 Å². The quantitative estimate of drug-likeness (QED) is 0.523. The Balaban J connectivity index is 1.92. The molecule has 32 heavy (non-hydrogen) atoms. The third-order valence-electron chi connectivity index (χ3n) is 5.37. The van der Waals surface area contributed by atoms with Crippen molar-refractivity contribution < 1.29 is 28.9 Å². The lowest BCUT2D eigenvalue weighted by molar-refractivity contribution is -0.116. The minimum Gasteiger partial charge on any atom is -0.497 e. The molecule has 2 heterocycles. The molecule has 1 aromatic heterocycles. The Labute approximate surface area is 189 Å². The molecule has 1 atom stereocenters. The summed E-state index contributed by atoms with van der Waals surface area (Å²) in [7, 11) is 3.13. The summed E-state index contributed by atoms with van der Waals surface area (Å²) in [6, 6.07) is 12.7. The first-order valence-electron chi connectivity index (χ1n) is 10.1. The van der Waals surface area contributed by atoms with Crippen LogP contribution in [0.15, 0.2) is 42.5 Å². The number of carboxylic acids is 1. The van der Waals surface area contributed by atoms with E-state index in [4.69, 9.17) is 14.2 Å². The van der Waals surface area contributed by atoms with Crippen LogP contribution in [-0.2, 0) is 4.79 Å². The van der Waals surface area contributed by atoms with Crippen molar-refractivity contribution >= 4 is 28.9 Å². The fourth-order valence-corrected chi connectivity index (χ4v) is 5.23. The third kappa shape index (κ3) is 3.78. The minimum absolute atomic E-state index is 0.174. The summed E-state index contributed by atoms with van der Waals surface area (Å²) in [5, 5.41) is 12.9. The van der Waals surface area contributed by atoms with Crippen LogP contribution >= 0.6 is 11.3 Å². The van der Waals surface area contributed by atoms with E-state index in [9.17, 15) is 14.7 Å². The van der Waals surface area contributed by atoms with Crippen molar-refractivity contribution in [1.82, 2.24) is 0 Å². The normalized spacial score (nSPS) is 15.0. The first-order chi connectivity index (χ1) is 15.5. The molecule has 0 fully saturated rings. The highest BCUT2D eigenvalue weighted by Gasteiger charge is 2.36. The topological polar surface area (TPSA) is 94.1 Å². The molecule has 0 aliphatic carbocycles. The molecule has 0 saturated carbocycles. The van der Waals surface area contributed by atoms with Gasteiger partial charge in [-0.15, -0.1) is 11.3 Å². The standard InChI is InChI=1S/C24H23NO6S/c1-4-31-21-15(6-5-7-17(21)30-3)16-12-18(26)25-20-19(23(24(27)28)32-22(16)20)13-8-10-14(29-2)11-9-13/h5-11,16H,4,12H2,1-3H3,(H,25,26)(H,27,28)/t16-/m0/s1. The van der Waals surface area contributed by atoms with Crippen molar-refractivity contribution in [3.8, 4) is 28.4 Å². The maximum absolute atomic E-state index is 12.8. The maximum atomic E-state index is 12.8. The average Bonchev–Trinajstić information content (AvgIpc) is 3.18. The Morgan fingerprint density at radius 3 is 2.53 bits per heavy atom. The van der Waals surface area contributed by atoms with Crippen molar-refractivity contribution in [2.45, 2.75) is 19.3 Å². The highest BCUT2D eigenvalue weighted by atomic mass is 32.1. The number of amides is 1. The van der Waals surface area contributed by atoms with Crippen molar-refractivity contribution in [3.05, 3.63) is 57.8 Å². The molecular formula is C24H23NO6S. The number of hydrogen-bond acceptors (Lipinski definition) is 6. The minimum atomic E-state index is -1.04. The SMILES string of the molecule is CCOc1c(OC)cccc1[C@@H]1CC(=O)Nc2c1sc(C(=O)O)c2-c1ccc(OC)cc1. The van der Waals surface area contributed by atoms with Gasteiger partial charge in [0, 0.05) is 28.3 Å². The number of fused-ring (bicyclic) bond motifs is 1. The molecule has 0 spiro atoms. The first kappa shape index (κ1) is 21.7. The van der Waals surface area contributed by atoms with Gasteiger partial charge in [0.05, 0.1) is 26.5 Å². The van der Waals surface area contributed by atoms with Gasteiger partial charge in [0.15, 0.2) is 11.5 Å². The molecule has 0 radical (unpaired) electrons. The first-order valence-corrected chi connectivity index (χ1v) is 10.9. The number of carboxylic acid groups (broad SMARTS) is 1. The van der Waals surface area contributed by atoms with Crippen molar-refractivity contribution in [1.29, 1.82) is 0 Å². The Morgan fingerprint density at radius 1 is 1.16 bits per heavy atom. The smallest absolute Gasteiger partial charge is 0.346 e. The zero-order valence-corrected chi connectivity index (χ0v) is 18.7. The van der Waals surface area contributed by atoms with Gasteiger partial charge in [0.2, 0.25) is 5.91 Å². The second-order valence-corrected chi connectivity index (χ2v) is 8.25. The summed E-state index contributed by atoms with van der Waals surface area (Å²) in [4.78, 5) is 25.9. The molecular weight excluding hydrogens is 430 g/mol. The number of hydrogen-bond donors (Lipinski definition) is 2. The molecule has 1 aliphatic rings. The van der Waals surface area contributed by atoms with Gasteiger partial charge < -0.3 is 24.6 Å². The maximum Gasteiger partial charge on any atom is 0.346 e. The number of ether oxygens (including phenoxy) is 3. The van der Waals surface area contributed by atoms with Crippen LogP contribution < -0.4 is 19.5 Å². The molecule has 1 amide bonds. The molecule has 7 nitrogen and oxygen atoms in total. The fraction of sp³-hybridized carbons (Fsp3) is 0.250. The van der Waals surface area contributed by atoms with Crippen molar-refractivity contribution in [2.75, 3.05) is 26.1 Å². The summed E-state index contributed by atoms with van der Waals surface area (Å²) in [6.45, 7) is 2.31. The second kappa shape index (κ2) is 8.92. The van der Waals surface area contributed by atoms with Gasteiger partial charge in [0.1, 0.15) is 10.6 Å². The summed E-state index contributed by atoms with van der Waals surface area (Å²) in [6.07, 6.45) is 0.182. The zero-order valence-electron chi connectivity index (χ0n) is 17.9. The average molecular weight is 454 g/mol. The molecule has 4 rings (SSSR count). The third-order valence-corrected chi connectivity index (χ3v) is 6.66. The number of carbonyl (C=O) groups is 2. The molecule has 2 N–H and O–H groups in total. The largest absolute Gasteiger partial charge is 0.497 e. The number of para-hydroxylation sites is 1. The van der Waals surface area contributed by atoms with E-state index in [-0.39, 0.29) is 23.1 Å². The van der Waals surface area contributed by atoms with E-state index in [0.717, 1.165) is 10.4 Å². The number of carbonyl (C=O) groups excluding carboxylic acids is 1. The predicted octanol–water partition coefficient (Wildman–Crippen LogP) is 5.00. The molecule has 8 heteroatoms. The molecule has 166 valence electrons. The van der Waals surface area contributed by atoms with E-state index in [1.807, 2.05) is 19.1 Å². The van der Waals surface area contributed by atoms with Gasteiger partial charge in [-0.05, 0) is 30.7 Å². The number of nitrogens with one attached hydrogen (secondary N) is 1. The Hall–Kier alpha value is -3.52. The monoisotopic (exact) mass is 453 g/mol. The number of rotatable bonds is 7. The van der Waals surface area contributed by atoms with Crippen LogP contribution in [0, 0.1) is 0 Å². The lowest BCUT2D eigenvalue weighted by Crippen LogP contribution is -2.23. The fourth-order valence-electron chi connectivity index (χ4n) is 3.99. The van der Waals surface area contributed by atoms with Gasteiger partial charge in [0.25, 0.3) is 0 Å². The number of benzene rings is 2. The van der Waals surface area contributed by atoms with Gasteiger partial charge in [-0.3, -0.25) is 4.79 Å². The number of methoxy groups -OCH3 is 2. The summed E-state index contributed by atoms with van der Waals surface area (Å²) in [5.74, 6) is 0.220. The predicted molar refractivity (Wildman–Crippen MR) is 123 cm³/mol. The van der Waals surface area contributed by atoms with E-state index in [0.29, 0.717) is 40.7 Å². The second-order valence-electron chi connectivity index (χ2n) is 7.20. The van der Waals surface area contributed by atoms with Crippen molar-refractivity contribution in [2.24, 2.45) is 0 Å². The van der Waals surface area contributed by atoms with Gasteiger partial charge >= 0.3 is 5.97 Å². The molecule has 0 bridgehead atoms. The Morgan fingerprint density at radius 2 is 1.91 bits per heavy atom. The molecule has 0 unspecified atom stereocenters. The van der Waals surface area contributed by atoms with Crippen LogP contribution in [0.4, 0.5) is 5.69 Å². The molecule has 3 aromatic rings. The number of thiophene rings is 1. The lowest BCUT2D eigenvalue weighted by atomic mass is 9.88. The summed E-state index contributed by atoms with van der Waals surface area (Å²) in [5.41, 5.74) is 2.52. The van der Waals surface area contributed by atoms with Crippen LogP contribution in [0.5, 0.6) is 17.2 Å². The molecule has 2 aromatic carbocycles. The Bertz CT molecular complexity index is 1170. The van der Waals surface area contributed by atoms with Crippen LogP contribution in [0.3, 0.4) is 0 Å². The van der Waals surface area contributed by atoms with Gasteiger partial charge in [-0.25, -0.2) is 4.79 Å². The highest BCUT2D eigenvalue weighted by molar-refractivity contribution is 7.15. The van der Waals surface area contributed by atoms with E-state index >= 15 is 0 Å². The van der Waals surface area contributed by atoms with Crippen LogP contribution in [0.1, 0.15) is 39.4 Å². The van der Waals surface area contributed by atoms with Crippen LogP contribution in [0.2, 0.25) is 0 Å². The molecule has 1 aliphatic heterocycles. The van der Waals surface area contributed by atoms with Crippen LogP contribution in [0.25, 0.3) is 11.1 Å². The molecule has 0 saturated heterocycles. The van der Waals surface area contributed by atoms with Gasteiger partial charge in [-0.1, -0.05) is 24.3 Å². The Kier molecular flexibility index (Phi) is 6.05. The number of anilines is 1. The van der Waals surface area contributed by atoms with Gasteiger partial charge in [-0.2, -0.15) is 0 Å². The van der Waals surface area contributed by atoms with E-state index < -0.39 is 5.97 Å². The lowest BCUT2D eigenvalue weighted by Gasteiger charge is -2.26. The van der Waals surface area contributed by atoms with E-state index in [2.05, 4.69) is 5.32 Å². The highest BCUT2D eigenvalue weighted by Crippen LogP contribution is 2.51. The van der Waals surface area contributed by atoms with E-state index in [1.54, 1.807) is 44.6 Å². The zero-order chi connectivity index (χ0) is 22.8. The van der Waals surface area contributed by atoms with Crippen molar-refractivity contribution in [3.63, 3.8) is 0 Å².